The fourth-order valence-corrected chi connectivity index (χ4v) is 11.4. The third-order valence-corrected chi connectivity index (χ3v) is 13.1. The van der Waals surface area contributed by atoms with Gasteiger partial charge in [0.15, 0.2) is 17.5 Å². The van der Waals surface area contributed by atoms with Gasteiger partial charge in [-0.25, -0.2) is 15.0 Å². The van der Waals surface area contributed by atoms with Gasteiger partial charge in [0.05, 0.1) is 0 Å². The monoisotopic (exact) mass is 657 g/mol. The van der Waals surface area contributed by atoms with E-state index in [4.69, 9.17) is 19.4 Å². The van der Waals surface area contributed by atoms with Crippen LogP contribution in [-0.2, 0) is 5.41 Å². The quantitative estimate of drug-likeness (QED) is 0.190. The summed E-state index contributed by atoms with van der Waals surface area (Å²) in [6.45, 7) is 0. The Morgan fingerprint density at radius 2 is 1.18 bits per heavy atom. The lowest BCUT2D eigenvalue weighted by Crippen LogP contribution is -2.55. The molecule has 0 saturated heterocycles. The topological polar surface area (TPSA) is 51.8 Å². The van der Waals surface area contributed by atoms with E-state index in [0.717, 1.165) is 50.5 Å². The van der Waals surface area contributed by atoms with Crippen LogP contribution in [0.3, 0.4) is 0 Å². The number of aromatic nitrogens is 3. The van der Waals surface area contributed by atoms with Crippen LogP contribution in [0.1, 0.15) is 43.2 Å². The normalized spacial score (nSPS) is 24.2. The Morgan fingerprint density at radius 1 is 0.490 bits per heavy atom. The van der Waals surface area contributed by atoms with E-state index in [9.17, 15) is 0 Å². The van der Waals surface area contributed by atoms with Crippen LogP contribution in [0.5, 0.6) is 0 Å². The maximum absolute atomic E-state index is 6.30. The lowest BCUT2D eigenvalue weighted by Gasteiger charge is -2.61. The summed E-state index contributed by atoms with van der Waals surface area (Å²) in [5.74, 6) is 5.17. The summed E-state index contributed by atoms with van der Waals surface area (Å²) in [6.07, 6.45) is 6.83. The van der Waals surface area contributed by atoms with Crippen molar-refractivity contribution in [3.05, 3.63) is 139 Å². The second-order valence-electron chi connectivity index (χ2n) is 15.6. The van der Waals surface area contributed by atoms with Crippen LogP contribution in [0.25, 0.3) is 78.0 Å². The van der Waals surface area contributed by atoms with Crippen molar-refractivity contribution < 1.29 is 4.42 Å². The zero-order valence-corrected chi connectivity index (χ0v) is 28.2. The van der Waals surface area contributed by atoms with Gasteiger partial charge in [-0.1, -0.05) is 109 Å². The molecule has 1 spiro atoms. The van der Waals surface area contributed by atoms with E-state index in [-0.39, 0.29) is 5.41 Å². The van der Waals surface area contributed by atoms with Crippen LogP contribution in [0, 0.1) is 23.7 Å². The zero-order valence-electron chi connectivity index (χ0n) is 28.2. The first-order valence-electron chi connectivity index (χ1n) is 18.6. The van der Waals surface area contributed by atoms with Crippen molar-refractivity contribution >= 4 is 32.7 Å². The van der Waals surface area contributed by atoms with Gasteiger partial charge >= 0.3 is 0 Å². The molecule has 8 aromatic rings. The largest absolute Gasteiger partial charge is 0.456 e. The van der Waals surface area contributed by atoms with Crippen molar-refractivity contribution in [3.8, 4) is 45.3 Å². The van der Waals surface area contributed by atoms with Crippen LogP contribution in [-0.4, -0.2) is 15.0 Å². The molecule has 2 aromatic heterocycles. The molecule has 4 heteroatoms. The molecule has 2 heterocycles. The van der Waals surface area contributed by atoms with Gasteiger partial charge in [-0.3, -0.25) is 0 Å². The van der Waals surface area contributed by atoms with Gasteiger partial charge in [0.2, 0.25) is 0 Å². The third kappa shape index (κ3) is 3.83. The highest BCUT2D eigenvalue weighted by Crippen LogP contribution is 2.70. The molecule has 244 valence electrons. The lowest BCUT2D eigenvalue weighted by atomic mass is 9.43. The third-order valence-electron chi connectivity index (χ3n) is 13.1. The Bertz CT molecular complexity index is 2700. The number of fused-ring (bicyclic) bond motifs is 8. The predicted molar refractivity (Wildman–Crippen MR) is 204 cm³/mol. The Labute approximate surface area is 296 Å². The fraction of sp³-hybridized carbons (Fsp3) is 0.213. The van der Waals surface area contributed by atoms with Crippen LogP contribution in [0.4, 0.5) is 0 Å². The molecule has 5 aliphatic rings. The van der Waals surface area contributed by atoms with Crippen LogP contribution < -0.4 is 0 Å². The number of nitrogens with zero attached hydrogens (tertiary/aromatic N) is 3. The highest BCUT2D eigenvalue weighted by atomic mass is 16.3. The first kappa shape index (κ1) is 28.1. The molecule has 4 fully saturated rings. The first-order valence-corrected chi connectivity index (χ1v) is 18.6. The highest BCUT2D eigenvalue weighted by Gasteiger charge is 2.61. The Hall–Kier alpha value is -5.61. The molecule has 0 N–H and O–H groups in total. The van der Waals surface area contributed by atoms with Gasteiger partial charge in [0.25, 0.3) is 0 Å². The smallest absolute Gasteiger partial charge is 0.164 e. The van der Waals surface area contributed by atoms with Crippen molar-refractivity contribution in [2.75, 3.05) is 0 Å². The number of furan rings is 1. The second kappa shape index (κ2) is 10.2. The molecule has 4 saturated carbocycles. The van der Waals surface area contributed by atoms with Gasteiger partial charge in [-0.2, -0.15) is 0 Å². The minimum Gasteiger partial charge on any atom is -0.456 e. The molecule has 0 atom stereocenters. The summed E-state index contributed by atoms with van der Waals surface area (Å²) >= 11 is 0. The van der Waals surface area contributed by atoms with Gasteiger partial charge in [0, 0.05) is 32.9 Å². The molecule has 0 aliphatic heterocycles. The van der Waals surface area contributed by atoms with E-state index < -0.39 is 0 Å². The van der Waals surface area contributed by atoms with E-state index >= 15 is 0 Å². The Balaban J connectivity index is 1.11. The van der Waals surface area contributed by atoms with Crippen molar-refractivity contribution in [3.63, 3.8) is 0 Å². The second-order valence-corrected chi connectivity index (χ2v) is 15.6. The predicted octanol–water partition coefficient (Wildman–Crippen LogP) is 11.6. The van der Waals surface area contributed by atoms with Crippen molar-refractivity contribution in [2.45, 2.75) is 37.5 Å². The molecular weight excluding hydrogens is 623 g/mol. The average molecular weight is 658 g/mol. The van der Waals surface area contributed by atoms with Crippen molar-refractivity contribution in [2.24, 2.45) is 23.7 Å². The van der Waals surface area contributed by atoms with E-state index in [1.165, 1.54) is 59.6 Å². The zero-order chi connectivity index (χ0) is 33.3. The maximum atomic E-state index is 6.30. The number of benzene rings is 6. The molecule has 51 heavy (non-hydrogen) atoms. The number of para-hydroxylation sites is 1. The summed E-state index contributed by atoms with van der Waals surface area (Å²) in [5.41, 5.74) is 10.7. The van der Waals surface area contributed by atoms with E-state index in [1.54, 1.807) is 5.56 Å². The molecule has 0 radical (unpaired) electrons. The van der Waals surface area contributed by atoms with E-state index in [2.05, 4.69) is 97.1 Å². The Morgan fingerprint density at radius 3 is 2.00 bits per heavy atom. The number of rotatable bonds is 3. The molecule has 5 aliphatic carbocycles. The standard InChI is InChI=1S/C47H35N3O/c1-2-10-30(11-3-1)44-48-45(50-46(49-44)37-14-8-16-41-43(37)36-13-6-7-15-40(36)51-41)31-17-19-35-39(26-31)47(32-22-27-21-28(24-32)25-33(47)23-27)38-20-18-29-9-4-5-12-34(29)42(35)38/h1-20,26-28,32-33H,21-25H2. The molecule has 4 nitrogen and oxygen atoms in total. The summed E-state index contributed by atoms with van der Waals surface area (Å²) in [7, 11) is 0. The average Bonchev–Trinajstić information content (AvgIpc) is 3.71. The van der Waals surface area contributed by atoms with Crippen LogP contribution >= 0.6 is 0 Å². The molecular formula is C47H35N3O. The van der Waals surface area contributed by atoms with E-state index in [0.29, 0.717) is 29.3 Å². The van der Waals surface area contributed by atoms with Crippen LogP contribution in [0.15, 0.2) is 132 Å². The minimum absolute atomic E-state index is 0.0392. The molecule has 0 amide bonds. The molecule has 6 aromatic carbocycles. The van der Waals surface area contributed by atoms with Crippen molar-refractivity contribution in [1.82, 2.24) is 15.0 Å². The lowest BCUT2D eigenvalue weighted by molar-refractivity contribution is -0.0399. The number of hydrogen-bond donors (Lipinski definition) is 0. The molecule has 0 unspecified atom stereocenters. The summed E-state index contributed by atoms with van der Waals surface area (Å²) in [5, 5.41) is 4.80. The van der Waals surface area contributed by atoms with Crippen molar-refractivity contribution in [1.29, 1.82) is 0 Å². The number of hydrogen-bond acceptors (Lipinski definition) is 4. The van der Waals surface area contributed by atoms with Gasteiger partial charge in [0.1, 0.15) is 11.2 Å². The summed E-state index contributed by atoms with van der Waals surface area (Å²) in [6, 6.07) is 45.8. The van der Waals surface area contributed by atoms with E-state index in [1.807, 2.05) is 30.3 Å². The first-order chi connectivity index (χ1) is 25.2. The highest BCUT2D eigenvalue weighted by molar-refractivity contribution is 6.11. The van der Waals surface area contributed by atoms with Gasteiger partial charge in [-0.15, -0.1) is 0 Å². The van der Waals surface area contributed by atoms with Crippen LogP contribution in [0.2, 0.25) is 0 Å². The molecule has 13 rings (SSSR count). The summed E-state index contributed by atoms with van der Waals surface area (Å²) in [4.78, 5) is 15.7. The Kier molecular flexibility index (Phi) is 5.64. The molecule has 4 bridgehead atoms. The maximum Gasteiger partial charge on any atom is 0.164 e. The SMILES string of the molecule is c1ccc(-c2nc(-c3ccc4c(c3)C3(c5ccc6ccccc6c5-4)C4CC5CC(C4)CC3C5)nc(-c3cccc4oc5ccccc5c34)n2)cc1. The minimum atomic E-state index is 0.0392. The fourth-order valence-electron chi connectivity index (χ4n) is 11.4. The van der Waals surface area contributed by atoms with Gasteiger partial charge in [-0.05, 0) is 107 Å². The summed E-state index contributed by atoms with van der Waals surface area (Å²) < 4.78 is 6.30. The van der Waals surface area contributed by atoms with Gasteiger partial charge < -0.3 is 4.42 Å².